The van der Waals surface area contributed by atoms with Gasteiger partial charge in [0.05, 0.1) is 13.5 Å². The SMILES string of the molecule is COc1cc(C)c(Cl)cc1CC(=O)N1CCN(C(=O)CC(C)C)CC1. The number of carbonyl (C=O) groups excluding carboxylic acids is 2. The summed E-state index contributed by atoms with van der Waals surface area (Å²) in [7, 11) is 1.59. The third-order valence-electron chi connectivity index (χ3n) is 4.47. The van der Waals surface area contributed by atoms with Crippen LogP contribution in [0.15, 0.2) is 12.1 Å². The van der Waals surface area contributed by atoms with Crippen LogP contribution in [0.5, 0.6) is 5.75 Å². The van der Waals surface area contributed by atoms with Gasteiger partial charge in [0.2, 0.25) is 11.8 Å². The van der Waals surface area contributed by atoms with E-state index in [1.807, 2.05) is 36.6 Å². The number of hydrogen-bond donors (Lipinski definition) is 0. The first kappa shape index (κ1) is 19.6. The van der Waals surface area contributed by atoms with Crippen molar-refractivity contribution < 1.29 is 14.3 Å². The molecular weight excluding hydrogens is 340 g/mol. The fraction of sp³-hybridized carbons (Fsp3) is 0.579. The molecular formula is C19H27ClN2O3. The summed E-state index contributed by atoms with van der Waals surface area (Å²) in [6, 6.07) is 3.66. The van der Waals surface area contributed by atoms with E-state index in [-0.39, 0.29) is 18.2 Å². The van der Waals surface area contributed by atoms with Crippen LogP contribution in [0.2, 0.25) is 5.02 Å². The molecule has 1 aliphatic heterocycles. The minimum absolute atomic E-state index is 0.0363. The van der Waals surface area contributed by atoms with Crippen LogP contribution in [0.4, 0.5) is 0 Å². The number of halogens is 1. The monoisotopic (exact) mass is 366 g/mol. The minimum Gasteiger partial charge on any atom is -0.496 e. The van der Waals surface area contributed by atoms with E-state index >= 15 is 0 Å². The molecule has 0 aliphatic carbocycles. The van der Waals surface area contributed by atoms with Crippen LogP contribution >= 0.6 is 11.6 Å². The summed E-state index contributed by atoms with van der Waals surface area (Å²) in [5, 5.41) is 0.632. The molecule has 1 aromatic rings. The second kappa shape index (κ2) is 8.56. The molecule has 2 rings (SSSR count). The highest BCUT2D eigenvalue weighted by Gasteiger charge is 2.25. The molecule has 0 saturated carbocycles. The van der Waals surface area contributed by atoms with Crippen molar-refractivity contribution in [3.8, 4) is 5.75 Å². The average Bonchev–Trinajstić information content (AvgIpc) is 2.57. The Labute approximate surface area is 154 Å². The van der Waals surface area contributed by atoms with E-state index in [0.29, 0.717) is 49.3 Å². The Hall–Kier alpha value is -1.75. The maximum atomic E-state index is 12.6. The van der Waals surface area contributed by atoms with Crippen molar-refractivity contribution >= 4 is 23.4 Å². The number of aryl methyl sites for hydroxylation is 1. The van der Waals surface area contributed by atoms with Crippen molar-refractivity contribution in [3.63, 3.8) is 0 Å². The van der Waals surface area contributed by atoms with E-state index in [2.05, 4.69) is 0 Å². The number of nitrogens with zero attached hydrogens (tertiary/aromatic N) is 2. The quantitative estimate of drug-likeness (QED) is 0.805. The predicted molar refractivity (Wildman–Crippen MR) is 99.1 cm³/mol. The molecule has 0 N–H and O–H groups in total. The molecule has 6 heteroatoms. The number of ether oxygens (including phenoxy) is 1. The smallest absolute Gasteiger partial charge is 0.227 e. The zero-order chi connectivity index (χ0) is 18.6. The van der Waals surface area contributed by atoms with Crippen molar-refractivity contribution in [2.24, 2.45) is 5.92 Å². The average molecular weight is 367 g/mol. The maximum absolute atomic E-state index is 12.6. The van der Waals surface area contributed by atoms with Gasteiger partial charge in [-0.25, -0.2) is 0 Å². The van der Waals surface area contributed by atoms with Crippen LogP contribution in [0.25, 0.3) is 0 Å². The molecule has 0 spiro atoms. The van der Waals surface area contributed by atoms with Gasteiger partial charge in [-0.2, -0.15) is 0 Å². The highest BCUT2D eigenvalue weighted by molar-refractivity contribution is 6.31. The van der Waals surface area contributed by atoms with E-state index in [1.54, 1.807) is 13.2 Å². The predicted octanol–water partition coefficient (Wildman–Crippen LogP) is 2.92. The Morgan fingerprint density at radius 3 is 2.20 bits per heavy atom. The topological polar surface area (TPSA) is 49.9 Å². The molecule has 1 fully saturated rings. The number of methoxy groups -OCH3 is 1. The normalized spacial score (nSPS) is 14.8. The summed E-state index contributed by atoms with van der Waals surface area (Å²) in [6.07, 6.45) is 0.816. The summed E-state index contributed by atoms with van der Waals surface area (Å²) in [4.78, 5) is 28.4. The summed E-state index contributed by atoms with van der Waals surface area (Å²) in [6.45, 7) is 8.33. The third kappa shape index (κ3) is 5.11. The van der Waals surface area contributed by atoms with Gasteiger partial charge in [0.1, 0.15) is 5.75 Å². The molecule has 0 radical (unpaired) electrons. The van der Waals surface area contributed by atoms with Crippen molar-refractivity contribution in [3.05, 3.63) is 28.3 Å². The Morgan fingerprint density at radius 1 is 1.12 bits per heavy atom. The van der Waals surface area contributed by atoms with Gasteiger partial charge in [-0.15, -0.1) is 0 Å². The molecule has 0 atom stereocenters. The number of carbonyl (C=O) groups is 2. The van der Waals surface area contributed by atoms with Gasteiger partial charge < -0.3 is 14.5 Å². The molecule has 0 bridgehead atoms. The van der Waals surface area contributed by atoms with E-state index in [1.165, 1.54) is 0 Å². The van der Waals surface area contributed by atoms with Gasteiger partial charge in [0.15, 0.2) is 0 Å². The van der Waals surface area contributed by atoms with Gasteiger partial charge in [0.25, 0.3) is 0 Å². The van der Waals surface area contributed by atoms with Crippen LogP contribution in [-0.4, -0.2) is 54.9 Å². The lowest BCUT2D eigenvalue weighted by molar-refractivity contribution is -0.139. The number of amides is 2. The van der Waals surface area contributed by atoms with Gasteiger partial charge in [-0.05, 0) is 30.5 Å². The molecule has 25 heavy (non-hydrogen) atoms. The van der Waals surface area contributed by atoms with Crippen molar-refractivity contribution in [2.75, 3.05) is 33.3 Å². The molecule has 1 heterocycles. The summed E-state index contributed by atoms with van der Waals surface area (Å²) in [5.74, 6) is 1.25. The first-order valence-corrected chi connectivity index (χ1v) is 9.08. The summed E-state index contributed by atoms with van der Waals surface area (Å²) < 4.78 is 5.37. The highest BCUT2D eigenvalue weighted by atomic mass is 35.5. The molecule has 1 saturated heterocycles. The maximum Gasteiger partial charge on any atom is 0.227 e. The lowest BCUT2D eigenvalue weighted by Gasteiger charge is -2.35. The minimum atomic E-state index is 0.0363. The number of rotatable bonds is 5. The highest BCUT2D eigenvalue weighted by Crippen LogP contribution is 2.27. The Balaban J connectivity index is 1.95. The van der Waals surface area contributed by atoms with E-state index in [9.17, 15) is 9.59 Å². The standard InChI is InChI=1S/C19H27ClN2O3/c1-13(2)9-18(23)21-5-7-22(8-6-21)19(24)12-15-11-16(20)14(3)10-17(15)25-4/h10-11,13H,5-9,12H2,1-4H3. The molecule has 1 aliphatic rings. The van der Waals surface area contributed by atoms with Crippen molar-refractivity contribution in [2.45, 2.75) is 33.6 Å². The zero-order valence-electron chi connectivity index (χ0n) is 15.5. The van der Waals surface area contributed by atoms with Crippen LogP contribution in [0.1, 0.15) is 31.4 Å². The largest absolute Gasteiger partial charge is 0.496 e. The lowest BCUT2D eigenvalue weighted by Crippen LogP contribution is -2.51. The third-order valence-corrected chi connectivity index (χ3v) is 4.88. The molecule has 138 valence electrons. The first-order chi connectivity index (χ1) is 11.8. The summed E-state index contributed by atoms with van der Waals surface area (Å²) >= 11 is 6.18. The van der Waals surface area contributed by atoms with Crippen molar-refractivity contribution in [1.29, 1.82) is 0 Å². The summed E-state index contributed by atoms with van der Waals surface area (Å²) in [5.41, 5.74) is 1.72. The van der Waals surface area contributed by atoms with E-state index < -0.39 is 0 Å². The van der Waals surface area contributed by atoms with Crippen molar-refractivity contribution in [1.82, 2.24) is 9.80 Å². The van der Waals surface area contributed by atoms with E-state index in [4.69, 9.17) is 16.3 Å². The lowest BCUT2D eigenvalue weighted by atomic mass is 10.1. The second-order valence-corrected chi connectivity index (χ2v) is 7.36. The fourth-order valence-corrected chi connectivity index (χ4v) is 3.17. The van der Waals surface area contributed by atoms with Crippen LogP contribution in [0.3, 0.4) is 0 Å². The number of hydrogen-bond acceptors (Lipinski definition) is 3. The number of piperazine rings is 1. The first-order valence-electron chi connectivity index (χ1n) is 8.70. The number of benzene rings is 1. The Kier molecular flexibility index (Phi) is 6.71. The molecule has 5 nitrogen and oxygen atoms in total. The Bertz CT molecular complexity index is 638. The Morgan fingerprint density at radius 2 is 1.68 bits per heavy atom. The van der Waals surface area contributed by atoms with Gasteiger partial charge in [0, 0.05) is 43.2 Å². The van der Waals surface area contributed by atoms with Crippen LogP contribution in [-0.2, 0) is 16.0 Å². The van der Waals surface area contributed by atoms with Gasteiger partial charge in [-0.1, -0.05) is 25.4 Å². The second-order valence-electron chi connectivity index (χ2n) is 6.95. The molecule has 2 amide bonds. The van der Waals surface area contributed by atoms with Crippen LogP contribution in [0, 0.1) is 12.8 Å². The van der Waals surface area contributed by atoms with Crippen LogP contribution < -0.4 is 4.74 Å². The zero-order valence-corrected chi connectivity index (χ0v) is 16.2. The van der Waals surface area contributed by atoms with E-state index in [0.717, 1.165) is 11.1 Å². The molecule has 0 aromatic heterocycles. The fourth-order valence-electron chi connectivity index (χ4n) is 2.98. The van der Waals surface area contributed by atoms with Gasteiger partial charge in [-0.3, -0.25) is 9.59 Å². The van der Waals surface area contributed by atoms with Gasteiger partial charge >= 0.3 is 0 Å². The molecule has 1 aromatic carbocycles. The molecule has 0 unspecified atom stereocenters.